The number of methoxy groups -OCH3 is 1. The van der Waals surface area contributed by atoms with E-state index in [0.717, 1.165) is 48.8 Å². The minimum Gasteiger partial charge on any atom is -0.493 e. The molecular formula is C23H26N4O3. The summed E-state index contributed by atoms with van der Waals surface area (Å²) >= 11 is 0. The number of rotatable bonds is 7. The number of pyridine rings is 1. The first kappa shape index (κ1) is 20.1. The Labute approximate surface area is 175 Å². The van der Waals surface area contributed by atoms with Gasteiger partial charge in [-0.25, -0.2) is 4.98 Å². The highest BCUT2D eigenvalue weighted by molar-refractivity contribution is 5.53. The number of nitrogens with zero attached hydrogens (tertiary/aromatic N) is 3. The van der Waals surface area contributed by atoms with E-state index >= 15 is 0 Å². The van der Waals surface area contributed by atoms with Crippen LogP contribution in [-0.4, -0.2) is 46.7 Å². The number of hydrogen-bond acceptors (Lipinski definition) is 6. The molecule has 3 aromatic rings. The second-order valence-corrected chi connectivity index (χ2v) is 7.39. The highest BCUT2D eigenvalue weighted by Gasteiger charge is 2.26. The Balaban J connectivity index is 1.48. The van der Waals surface area contributed by atoms with Crippen molar-refractivity contribution in [3.8, 4) is 22.9 Å². The zero-order chi connectivity index (χ0) is 20.9. The molecule has 3 heterocycles. The first-order chi connectivity index (χ1) is 14.7. The quantitative estimate of drug-likeness (QED) is 0.649. The lowest BCUT2D eigenvalue weighted by atomic mass is 10.0. The van der Waals surface area contributed by atoms with Crippen molar-refractivity contribution in [3.63, 3.8) is 0 Å². The van der Waals surface area contributed by atoms with E-state index in [0.29, 0.717) is 12.4 Å². The summed E-state index contributed by atoms with van der Waals surface area (Å²) in [4.78, 5) is 26.2. The van der Waals surface area contributed by atoms with Gasteiger partial charge in [0.15, 0.2) is 11.5 Å². The van der Waals surface area contributed by atoms with Crippen molar-refractivity contribution >= 4 is 0 Å². The first-order valence-electron chi connectivity index (χ1n) is 10.2. The van der Waals surface area contributed by atoms with Gasteiger partial charge in [-0.05, 0) is 49.7 Å². The lowest BCUT2D eigenvalue weighted by Gasteiger charge is -2.18. The molecule has 7 nitrogen and oxygen atoms in total. The zero-order valence-electron chi connectivity index (χ0n) is 17.3. The molecule has 0 amide bonds. The van der Waals surface area contributed by atoms with E-state index < -0.39 is 0 Å². The van der Waals surface area contributed by atoms with Gasteiger partial charge in [0, 0.05) is 43.0 Å². The number of likely N-dealkylation sites (tertiary alicyclic amines) is 1. The Bertz CT molecular complexity index is 1050. The largest absolute Gasteiger partial charge is 0.493 e. The predicted molar refractivity (Wildman–Crippen MR) is 115 cm³/mol. The monoisotopic (exact) mass is 406 g/mol. The molecule has 0 aliphatic carbocycles. The van der Waals surface area contributed by atoms with Crippen molar-refractivity contribution in [1.29, 1.82) is 0 Å². The molecular weight excluding hydrogens is 380 g/mol. The molecule has 0 spiro atoms. The van der Waals surface area contributed by atoms with Gasteiger partial charge in [-0.2, -0.15) is 0 Å². The summed E-state index contributed by atoms with van der Waals surface area (Å²) in [6.45, 7) is 5.20. The molecule has 1 aromatic carbocycles. The van der Waals surface area contributed by atoms with Crippen LogP contribution in [0.5, 0.6) is 11.5 Å². The molecule has 1 atom stereocenters. The summed E-state index contributed by atoms with van der Waals surface area (Å²) in [5.41, 5.74) is 2.76. The summed E-state index contributed by atoms with van der Waals surface area (Å²) in [5, 5.41) is 0. The molecule has 7 heteroatoms. The fourth-order valence-corrected chi connectivity index (χ4v) is 3.90. The van der Waals surface area contributed by atoms with E-state index in [9.17, 15) is 4.79 Å². The van der Waals surface area contributed by atoms with Crippen LogP contribution in [0, 0.1) is 0 Å². The normalized spacial score (nSPS) is 16.5. The summed E-state index contributed by atoms with van der Waals surface area (Å²) < 4.78 is 11.1. The maximum Gasteiger partial charge on any atom is 0.251 e. The van der Waals surface area contributed by atoms with Gasteiger partial charge < -0.3 is 14.5 Å². The zero-order valence-corrected chi connectivity index (χ0v) is 17.3. The number of aromatic nitrogens is 3. The molecule has 156 valence electrons. The molecule has 1 N–H and O–H groups in total. The van der Waals surface area contributed by atoms with Gasteiger partial charge in [-0.15, -0.1) is 0 Å². The average molecular weight is 406 g/mol. The Morgan fingerprint density at radius 3 is 2.77 bits per heavy atom. The Morgan fingerprint density at radius 1 is 1.17 bits per heavy atom. The van der Waals surface area contributed by atoms with Crippen molar-refractivity contribution in [2.75, 3.05) is 26.8 Å². The molecule has 0 radical (unpaired) electrons. The third-order valence-electron chi connectivity index (χ3n) is 5.34. The molecule has 1 fully saturated rings. The van der Waals surface area contributed by atoms with Crippen LogP contribution in [0.2, 0.25) is 0 Å². The summed E-state index contributed by atoms with van der Waals surface area (Å²) in [7, 11) is 1.65. The molecule has 0 bridgehead atoms. The number of H-pyrrole nitrogens is 1. The smallest absolute Gasteiger partial charge is 0.251 e. The first-order valence-corrected chi connectivity index (χ1v) is 10.2. The van der Waals surface area contributed by atoms with Gasteiger partial charge >= 0.3 is 0 Å². The van der Waals surface area contributed by atoms with Crippen LogP contribution in [0.15, 0.2) is 53.6 Å². The number of ether oxygens (including phenoxy) is 2. The van der Waals surface area contributed by atoms with Crippen LogP contribution in [0.3, 0.4) is 0 Å². The second kappa shape index (κ2) is 9.09. The van der Waals surface area contributed by atoms with Crippen molar-refractivity contribution in [1.82, 2.24) is 19.9 Å². The van der Waals surface area contributed by atoms with Crippen LogP contribution in [-0.2, 0) is 6.54 Å². The number of hydrogen-bond donors (Lipinski definition) is 1. The maximum atomic E-state index is 12.2. The van der Waals surface area contributed by atoms with Gasteiger partial charge in [0.2, 0.25) is 0 Å². The van der Waals surface area contributed by atoms with Crippen LogP contribution < -0.4 is 15.0 Å². The third kappa shape index (κ3) is 4.52. The van der Waals surface area contributed by atoms with Gasteiger partial charge in [0.05, 0.1) is 19.4 Å². The topological polar surface area (TPSA) is 80.3 Å². The van der Waals surface area contributed by atoms with Crippen LogP contribution >= 0.6 is 0 Å². The minimum absolute atomic E-state index is 0.123. The summed E-state index contributed by atoms with van der Waals surface area (Å²) in [5.74, 6) is 2.34. The number of nitrogens with one attached hydrogen (secondary N) is 1. The number of benzene rings is 1. The Morgan fingerprint density at radius 2 is 2.00 bits per heavy atom. The second-order valence-electron chi connectivity index (χ2n) is 7.39. The Kier molecular flexibility index (Phi) is 6.09. The van der Waals surface area contributed by atoms with E-state index in [1.54, 1.807) is 25.6 Å². The van der Waals surface area contributed by atoms with E-state index in [4.69, 9.17) is 14.5 Å². The van der Waals surface area contributed by atoms with Gasteiger partial charge in [-0.1, -0.05) is 6.07 Å². The predicted octanol–water partition coefficient (Wildman–Crippen LogP) is 3.23. The maximum absolute atomic E-state index is 12.2. The molecule has 0 saturated carbocycles. The standard InChI is InChI=1S/C23H26N4O3/c1-3-30-21-12-16(4-5-20(21)29-2)14-27-11-8-18(15-27)19-13-22(28)26-23(25-19)17-6-9-24-10-7-17/h4-7,9-10,12-13,18H,3,8,11,14-15H2,1-2H3,(H,25,26,28). The van der Waals surface area contributed by atoms with Crippen molar-refractivity contribution < 1.29 is 9.47 Å². The molecule has 2 aromatic heterocycles. The highest BCUT2D eigenvalue weighted by atomic mass is 16.5. The van der Waals surface area contributed by atoms with E-state index in [2.05, 4.69) is 20.9 Å². The van der Waals surface area contributed by atoms with Crippen molar-refractivity contribution in [3.05, 3.63) is 70.4 Å². The summed E-state index contributed by atoms with van der Waals surface area (Å²) in [6.07, 6.45) is 4.37. The molecule has 1 aliphatic heterocycles. The molecule has 1 saturated heterocycles. The fraction of sp³-hybridized carbons (Fsp3) is 0.348. The van der Waals surface area contributed by atoms with Crippen LogP contribution in [0.25, 0.3) is 11.4 Å². The minimum atomic E-state index is -0.123. The average Bonchev–Trinajstić information content (AvgIpc) is 3.23. The van der Waals surface area contributed by atoms with E-state index in [1.165, 1.54) is 5.56 Å². The van der Waals surface area contributed by atoms with Crippen molar-refractivity contribution in [2.45, 2.75) is 25.8 Å². The highest BCUT2D eigenvalue weighted by Crippen LogP contribution is 2.31. The van der Waals surface area contributed by atoms with E-state index in [1.807, 2.05) is 31.2 Å². The van der Waals surface area contributed by atoms with Crippen molar-refractivity contribution in [2.24, 2.45) is 0 Å². The molecule has 1 unspecified atom stereocenters. The molecule has 4 rings (SSSR count). The SMILES string of the molecule is CCOc1cc(CN2CCC(c3cc(=O)[nH]c(-c4ccncc4)n3)C2)ccc1OC. The van der Waals surface area contributed by atoms with Gasteiger partial charge in [-0.3, -0.25) is 14.7 Å². The van der Waals surface area contributed by atoms with Gasteiger partial charge in [0.25, 0.3) is 5.56 Å². The Hall–Kier alpha value is -3.19. The lowest BCUT2D eigenvalue weighted by molar-refractivity contribution is 0.305. The number of aromatic amines is 1. The third-order valence-corrected chi connectivity index (χ3v) is 5.34. The molecule has 30 heavy (non-hydrogen) atoms. The fourth-order valence-electron chi connectivity index (χ4n) is 3.90. The van der Waals surface area contributed by atoms with Gasteiger partial charge in [0.1, 0.15) is 5.82 Å². The van der Waals surface area contributed by atoms with E-state index in [-0.39, 0.29) is 11.5 Å². The lowest BCUT2D eigenvalue weighted by Crippen LogP contribution is -2.21. The van der Waals surface area contributed by atoms with Crippen LogP contribution in [0.1, 0.15) is 30.5 Å². The van der Waals surface area contributed by atoms with Crippen LogP contribution in [0.4, 0.5) is 0 Å². The summed E-state index contributed by atoms with van der Waals surface area (Å²) in [6, 6.07) is 11.4. The molecule has 1 aliphatic rings.